The predicted molar refractivity (Wildman–Crippen MR) is 115 cm³/mol. The van der Waals surface area contributed by atoms with Crippen LogP contribution in [0.5, 0.6) is 0 Å². The number of anilines is 1. The molecule has 2 aromatic rings. The zero-order chi connectivity index (χ0) is 21.6. The van der Waals surface area contributed by atoms with Gasteiger partial charge in [-0.2, -0.15) is 0 Å². The third kappa shape index (κ3) is 6.44. The minimum atomic E-state index is -3.80. The number of aryl methyl sites for hydroxylation is 1. The first-order valence-corrected chi connectivity index (χ1v) is 11.6. The normalized spacial score (nSPS) is 13.6. The van der Waals surface area contributed by atoms with Crippen molar-refractivity contribution in [2.75, 3.05) is 10.6 Å². The Labute approximate surface area is 176 Å². The molecule has 0 saturated carbocycles. The molecular weight excluding hydrogens is 415 g/mol. The first-order chi connectivity index (χ1) is 13.6. The number of sulfonamides is 1. The summed E-state index contributed by atoms with van der Waals surface area (Å²) >= 11 is 5.82. The Balaban J connectivity index is 2.16. The van der Waals surface area contributed by atoms with Crippen molar-refractivity contribution in [3.05, 3.63) is 64.9 Å². The molecule has 1 amide bonds. The van der Waals surface area contributed by atoms with Crippen molar-refractivity contribution in [2.45, 2.75) is 45.2 Å². The maximum Gasteiger partial charge on any atom is 0.244 e. The number of carbonyl (C=O) groups excluding carboxylic acids is 1. The first kappa shape index (κ1) is 23.2. The van der Waals surface area contributed by atoms with E-state index in [0.717, 1.165) is 23.0 Å². The fourth-order valence-electron chi connectivity index (χ4n) is 3.12. The van der Waals surface area contributed by atoms with Crippen molar-refractivity contribution in [3.63, 3.8) is 0 Å². The van der Waals surface area contributed by atoms with Crippen LogP contribution < -0.4 is 9.62 Å². The van der Waals surface area contributed by atoms with Crippen LogP contribution in [-0.4, -0.2) is 32.7 Å². The lowest BCUT2D eigenvalue weighted by Crippen LogP contribution is -2.51. The smallest absolute Gasteiger partial charge is 0.244 e. The van der Waals surface area contributed by atoms with Gasteiger partial charge in [0.1, 0.15) is 11.9 Å². The Morgan fingerprint density at radius 2 is 1.86 bits per heavy atom. The third-order valence-electron chi connectivity index (χ3n) is 4.58. The molecule has 2 atom stereocenters. The monoisotopic (exact) mass is 440 g/mol. The van der Waals surface area contributed by atoms with Gasteiger partial charge >= 0.3 is 0 Å². The number of rotatable bonds is 9. The molecule has 1 N–H and O–H groups in total. The van der Waals surface area contributed by atoms with E-state index in [1.165, 1.54) is 17.7 Å². The van der Waals surface area contributed by atoms with Gasteiger partial charge in [0.15, 0.2) is 0 Å². The van der Waals surface area contributed by atoms with Crippen molar-refractivity contribution in [1.29, 1.82) is 0 Å². The highest BCUT2D eigenvalue weighted by Gasteiger charge is 2.32. The summed E-state index contributed by atoms with van der Waals surface area (Å²) in [6.07, 6.45) is 2.77. The molecule has 2 aromatic carbocycles. The van der Waals surface area contributed by atoms with Crippen LogP contribution in [0.4, 0.5) is 10.1 Å². The highest BCUT2D eigenvalue weighted by molar-refractivity contribution is 7.92. The molecule has 0 bridgehead atoms. The second-order valence-corrected chi connectivity index (χ2v) is 9.28. The summed E-state index contributed by atoms with van der Waals surface area (Å²) in [7, 11) is -3.80. The highest BCUT2D eigenvalue weighted by Crippen LogP contribution is 2.27. The Hall–Kier alpha value is -2.12. The van der Waals surface area contributed by atoms with E-state index in [9.17, 15) is 17.6 Å². The summed E-state index contributed by atoms with van der Waals surface area (Å²) in [4.78, 5) is 12.9. The van der Waals surface area contributed by atoms with Gasteiger partial charge in [0.25, 0.3) is 0 Å². The molecule has 0 aromatic heterocycles. The van der Waals surface area contributed by atoms with Crippen molar-refractivity contribution in [1.82, 2.24) is 5.32 Å². The van der Waals surface area contributed by atoms with Gasteiger partial charge in [-0.1, -0.05) is 48.9 Å². The average molecular weight is 441 g/mol. The van der Waals surface area contributed by atoms with Crippen molar-refractivity contribution in [2.24, 2.45) is 0 Å². The molecule has 0 unspecified atom stereocenters. The van der Waals surface area contributed by atoms with E-state index in [2.05, 4.69) is 5.32 Å². The van der Waals surface area contributed by atoms with Gasteiger partial charge < -0.3 is 5.32 Å². The van der Waals surface area contributed by atoms with E-state index in [1.807, 2.05) is 37.3 Å². The number of nitrogens with one attached hydrogen (secondary N) is 1. The zero-order valence-electron chi connectivity index (χ0n) is 16.7. The van der Waals surface area contributed by atoms with Gasteiger partial charge in [0, 0.05) is 6.04 Å². The van der Waals surface area contributed by atoms with Gasteiger partial charge in [-0.25, -0.2) is 12.8 Å². The molecule has 29 heavy (non-hydrogen) atoms. The van der Waals surface area contributed by atoms with E-state index in [-0.39, 0.29) is 23.2 Å². The summed E-state index contributed by atoms with van der Waals surface area (Å²) < 4.78 is 39.4. The predicted octanol–water partition coefficient (Wildman–Crippen LogP) is 4.16. The number of hydrogen-bond acceptors (Lipinski definition) is 3. The van der Waals surface area contributed by atoms with E-state index in [0.29, 0.717) is 6.42 Å². The molecule has 0 aliphatic rings. The summed E-state index contributed by atoms with van der Waals surface area (Å²) in [5, 5.41) is 2.69. The molecule has 0 aliphatic heterocycles. The number of hydrogen-bond donors (Lipinski definition) is 1. The largest absolute Gasteiger partial charge is 0.352 e. The van der Waals surface area contributed by atoms with E-state index >= 15 is 0 Å². The molecule has 0 heterocycles. The minimum absolute atomic E-state index is 0.144. The fourth-order valence-corrected chi connectivity index (χ4v) is 4.50. The first-order valence-electron chi connectivity index (χ1n) is 9.42. The quantitative estimate of drug-likeness (QED) is 0.636. The Bertz CT molecular complexity index is 938. The van der Waals surface area contributed by atoms with Gasteiger partial charge in [-0.3, -0.25) is 9.10 Å². The topological polar surface area (TPSA) is 66.5 Å². The van der Waals surface area contributed by atoms with Crippen LogP contribution in [0.2, 0.25) is 5.02 Å². The van der Waals surface area contributed by atoms with Crippen LogP contribution >= 0.6 is 11.6 Å². The van der Waals surface area contributed by atoms with Crippen molar-refractivity contribution < 1.29 is 17.6 Å². The van der Waals surface area contributed by atoms with E-state index in [4.69, 9.17) is 11.6 Å². The number of halogens is 2. The summed E-state index contributed by atoms with van der Waals surface area (Å²) in [5.74, 6) is -1.06. The Morgan fingerprint density at radius 1 is 1.21 bits per heavy atom. The number of amides is 1. The molecule has 158 valence electrons. The molecule has 2 rings (SSSR count). The number of nitrogens with zero attached hydrogens (tertiary/aromatic N) is 1. The minimum Gasteiger partial charge on any atom is -0.352 e. The van der Waals surface area contributed by atoms with Crippen LogP contribution in [0.15, 0.2) is 48.5 Å². The van der Waals surface area contributed by atoms with Crippen LogP contribution in [0.25, 0.3) is 0 Å². The van der Waals surface area contributed by atoms with Crippen molar-refractivity contribution >= 4 is 33.2 Å². The fraction of sp³-hybridized carbons (Fsp3) is 0.381. The SMILES string of the molecule is CC[C@H](C(=O)N[C@@H](C)CCc1ccccc1)N(c1ccc(F)c(Cl)c1)S(C)(=O)=O. The molecular formula is C21H26ClFN2O3S. The number of carbonyl (C=O) groups is 1. The Morgan fingerprint density at radius 3 is 2.41 bits per heavy atom. The molecule has 0 saturated heterocycles. The van der Waals surface area contributed by atoms with E-state index in [1.54, 1.807) is 6.92 Å². The third-order valence-corrected chi connectivity index (χ3v) is 6.05. The summed E-state index contributed by atoms with van der Waals surface area (Å²) in [6.45, 7) is 3.61. The van der Waals surface area contributed by atoms with Gasteiger partial charge in [-0.05, 0) is 49.9 Å². The van der Waals surface area contributed by atoms with E-state index < -0.39 is 27.8 Å². The van der Waals surface area contributed by atoms with Crippen LogP contribution in [0.1, 0.15) is 32.3 Å². The van der Waals surface area contributed by atoms with Crippen LogP contribution in [0, 0.1) is 5.82 Å². The van der Waals surface area contributed by atoms with Crippen LogP contribution in [-0.2, 0) is 21.2 Å². The molecule has 5 nitrogen and oxygen atoms in total. The lowest BCUT2D eigenvalue weighted by Gasteiger charge is -2.31. The molecule has 0 fully saturated rings. The summed E-state index contributed by atoms with van der Waals surface area (Å²) in [6, 6.07) is 12.4. The molecule has 0 spiro atoms. The summed E-state index contributed by atoms with van der Waals surface area (Å²) in [5.41, 5.74) is 1.32. The van der Waals surface area contributed by atoms with Crippen molar-refractivity contribution in [3.8, 4) is 0 Å². The lowest BCUT2D eigenvalue weighted by atomic mass is 10.1. The lowest BCUT2D eigenvalue weighted by molar-refractivity contribution is -0.122. The van der Waals surface area contributed by atoms with Crippen LogP contribution in [0.3, 0.4) is 0 Å². The number of benzene rings is 2. The van der Waals surface area contributed by atoms with Gasteiger partial charge in [0.2, 0.25) is 15.9 Å². The Kier molecular flexibility index (Phi) is 8.05. The second-order valence-electron chi connectivity index (χ2n) is 7.02. The zero-order valence-corrected chi connectivity index (χ0v) is 18.3. The van der Waals surface area contributed by atoms with Gasteiger partial charge in [-0.15, -0.1) is 0 Å². The molecule has 0 aliphatic carbocycles. The standard InChI is InChI=1S/C21H26ClFN2O3S/c1-4-20(21(26)24-15(2)10-11-16-8-6-5-7-9-16)25(29(3,27)28)17-12-13-19(23)18(22)14-17/h5-9,12-15,20H,4,10-11H2,1-3H3,(H,24,26)/t15-,20+/m0/s1. The maximum absolute atomic E-state index is 13.5. The second kappa shape index (κ2) is 10.1. The maximum atomic E-state index is 13.5. The molecule has 8 heteroatoms. The molecule has 0 radical (unpaired) electrons. The average Bonchev–Trinajstić information content (AvgIpc) is 2.66. The highest BCUT2D eigenvalue weighted by atomic mass is 35.5. The van der Waals surface area contributed by atoms with Gasteiger partial charge in [0.05, 0.1) is 17.0 Å².